The number of halogens is 3. The van der Waals surface area contributed by atoms with E-state index in [1.54, 1.807) is 12.1 Å². The van der Waals surface area contributed by atoms with Gasteiger partial charge in [0.25, 0.3) is 5.56 Å². The number of nitrogens with zero attached hydrogens (tertiary/aromatic N) is 3. The summed E-state index contributed by atoms with van der Waals surface area (Å²) >= 11 is 15.9. The largest absolute Gasteiger partial charge is 0.479 e. The van der Waals surface area contributed by atoms with Crippen molar-refractivity contribution in [2.24, 2.45) is 5.10 Å². The second-order valence-corrected chi connectivity index (χ2v) is 8.94. The molecule has 0 spiro atoms. The number of ether oxygens (including phenoxy) is 1. The van der Waals surface area contributed by atoms with Crippen LogP contribution in [0.4, 0.5) is 0 Å². The highest BCUT2D eigenvalue weighted by Gasteiger charge is 2.18. The monoisotopic (exact) mass is 539 g/mol. The molecule has 0 aliphatic carbocycles. The van der Waals surface area contributed by atoms with E-state index in [4.69, 9.17) is 33.0 Å². The molecular weight excluding hydrogens is 521 g/mol. The lowest BCUT2D eigenvalue weighted by Crippen LogP contribution is -2.24. The van der Waals surface area contributed by atoms with Gasteiger partial charge >= 0.3 is 5.97 Å². The minimum Gasteiger partial charge on any atom is -0.479 e. The summed E-state index contributed by atoms with van der Waals surface area (Å²) in [4.78, 5) is 28.9. The second-order valence-electron chi connectivity index (χ2n) is 7.21. The fourth-order valence-corrected chi connectivity index (χ4v) is 3.85. The number of carboxylic acid groups (broad SMARTS) is 1. The minimum absolute atomic E-state index is 0.00615. The van der Waals surface area contributed by atoms with Crippen molar-refractivity contribution in [3.05, 3.63) is 66.6 Å². The lowest BCUT2D eigenvalue weighted by atomic mass is 10.1. The molecule has 168 valence electrons. The molecule has 0 aliphatic heterocycles. The maximum atomic E-state index is 13.2. The summed E-state index contributed by atoms with van der Waals surface area (Å²) in [7, 11) is 0. The number of carboxylic acids is 1. The van der Waals surface area contributed by atoms with Crippen molar-refractivity contribution in [3.63, 3.8) is 0 Å². The standard InChI is InChI=1S/C22H20BrCl2N3O4/c1-4-11(2)20-27-18-6-5-14(23)9-15(18)21(29)28(20)26-10-13-7-16(24)19(17(25)8-13)32-12(3)22(30)31/h5-12H,4H2,1-3H3,(H,30,31)/t11-,12-/m1/s1. The molecule has 0 saturated carbocycles. The highest BCUT2D eigenvalue weighted by Crippen LogP contribution is 2.34. The topological polar surface area (TPSA) is 93.8 Å². The molecule has 0 saturated heterocycles. The average Bonchev–Trinajstić information content (AvgIpc) is 2.75. The van der Waals surface area contributed by atoms with Gasteiger partial charge in [-0.3, -0.25) is 4.79 Å². The third kappa shape index (κ3) is 5.14. The van der Waals surface area contributed by atoms with Crippen molar-refractivity contribution in [2.45, 2.75) is 39.2 Å². The van der Waals surface area contributed by atoms with Gasteiger partial charge in [-0.25, -0.2) is 9.78 Å². The van der Waals surface area contributed by atoms with Crippen molar-refractivity contribution < 1.29 is 14.6 Å². The molecule has 1 aromatic heterocycles. The minimum atomic E-state index is -1.14. The predicted octanol–water partition coefficient (Wildman–Crippen LogP) is 5.71. The molecule has 32 heavy (non-hydrogen) atoms. The molecule has 1 heterocycles. The summed E-state index contributed by atoms with van der Waals surface area (Å²) in [6.45, 7) is 5.35. The molecule has 3 aromatic rings. The van der Waals surface area contributed by atoms with Gasteiger partial charge < -0.3 is 9.84 Å². The Morgan fingerprint density at radius 3 is 2.53 bits per heavy atom. The van der Waals surface area contributed by atoms with Gasteiger partial charge in [-0.15, -0.1) is 0 Å². The van der Waals surface area contributed by atoms with Crippen molar-refractivity contribution >= 4 is 62.2 Å². The Labute approximate surface area is 202 Å². The number of aliphatic carboxylic acids is 1. The number of hydrogen-bond donors (Lipinski definition) is 1. The van der Waals surface area contributed by atoms with Crippen LogP contribution in [0.5, 0.6) is 5.75 Å². The molecule has 2 atom stereocenters. The van der Waals surface area contributed by atoms with Gasteiger partial charge in [-0.05, 0) is 49.2 Å². The molecule has 0 fully saturated rings. The molecule has 0 radical (unpaired) electrons. The zero-order valence-electron chi connectivity index (χ0n) is 17.5. The molecule has 0 amide bonds. The lowest BCUT2D eigenvalue weighted by Gasteiger charge is -2.15. The predicted molar refractivity (Wildman–Crippen MR) is 130 cm³/mol. The zero-order chi connectivity index (χ0) is 23.6. The van der Waals surface area contributed by atoms with E-state index in [-0.39, 0.29) is 27.3 Å². The van der Waals surface area contributed by atoms with E-state index in [1.807, 2.05) is 19.9 Å². The van der Waals surface area contributed by atoms with E-state index in [9.17, 15) is 9.59 Å². The molecule has 3 rings (SSSR count). The van der Waals surface area contributed by atoms with E-state index < -0.39 is 12.1 Å². The Morgan fingerprint density at radius 1 is 1.28 bits per heavy atom. The summed E-state index contributed by atoms with van der Waals surface area (Å²) in [6.07, 6.45) is 1.10. The number of fused-ring (bicyclic) bond motifs is 1. The quantitative estimate of drug-likeness (QED) is 0.387. The lowest BCUT2D eigenvalue weighted by molar-refractivity contribution is -0.144. The van der Waals surface area contributed by atoms with E-state index >= 15 is 0 Å². The number of carbonyl (C=O) groups is 1. The number of hydrogen-bond acceptors (Lipinski definition) is 5. The van der Waals surface area contributed by atoms with Crippen LogP contribution in [0.2, 0.25) is 10.0 Å². The number of benzene rings is 2. The molecule has 2 aromatic carbocycles. The Kier molecular flexibility index (Phi) is 7.59. The number of rotatable bonds is 7. The van der Waals surface area contributed by atoms with Gasteiger partial charge in [0.05, 0.1) is 27.2 Å². The van der Waals surface area contributed by atoms with E-state index in [1.165, 1.54) is 29.9 Å². The molecule has 0 bridgehead atoms. The van der Waals surface area contributed by atoms with Crippen molar-refractivity contribution in [1.29, 1.82) is 0 Å². The first kappa shape index (κ1) is 24.2. The summed E-state index contributed by atoms with van der Waals surface area (Å²) < 4.78 is 7.36. The van der Waals surface area contributed by atoms with Gasteiger partial charge in [0.15, 0.2) is 11.9 Å². The van der Waals surface area contributed by atoms with Crippen LogP contribution in [-0.4, -0.2) is 33.1 Å². The fourth-order valence-electron chi connectivity index (χ4n) is 2.90. The molecule has 7 nitrogen and oxygen atoms in total. The summed E-state index contributed by atoms with van der Waals surface area (Å²) in [5, 5.41) is 14.1. The van der Waals surface area contributed by atoms with Gasteiger partial charge in [0.1, 0.15) is 5.82 Å². The zero-order valence-corrected chi connectivity index (χ0v) is 20.6. The molecule has 1 N–H and O–H groups in total. The van der Waals surface area contributed by atoms with E-state index in [2.05, 4.69) is 26.0 Å². The molecule has 0 aliphatic rings. The van der Waals surface area contributed by atoms with Gasteiger partial charge in [-0.2, -0.15) is 9.78 Å². The van der Waals surface area contributed by atoms with Gasteiger partial charge in [0.2, 0.25) is 0 Å². The van der Waals surface area contributed by atoms with Crippen LogP contribution in [-0.2, 0) is 4.79 Å². The van der Waals surface area contributed by atoms with E-state index in [0.29, 0.717) is 22.3 Å². The van der Waals surface area contributed by atoms with Crippen LogP contribution in [0.1, 0.15) is 44.5 Å². The smallest absolute Gasteiger partial charge is 0.344 e. The number of aromatic nitrogens is 2. The summed E-state index contributed by atoms with van der Waals surface area (Å²) in [5.74, 6) is -0.547. The van der Waals surface area contributed by atoms with Crippen LogP contribution in [0.3, 0.4) is 0 Å². The highest BCUT2D eigenvalue weighted by molar-refractivity contribution is 9.10. The van der Waals surface area contributed by atoms with Crippen molar-refractivity contribution in [1.82, 2.24) is 9.66 Å². The Morgan fingerprint density at radius 2 is 1.94 bits per heavy atom. The maximum absolute atomic E-state index is 13.2. The van der Waals surface area contributed by atoms with Crippen LogP contribution in [0.25, 0.3) is 10.9 Å². The average molecular weight is 541 g/mol. The molecular formula is C22H20BrCl2N3O4. The third-order valence-electron chi connectivity index (χ3n) is 4.87. The third-order valence-corrected chi connectivity index (χ3v) is 5.93. The Bertz CT molecular complexity index is 1250. The molecule has 10 heteroatoms. The summed E-state index contributed by atoms with van der Waals surface area (Å²) in [6, 6.07) is 8.39. The Hall–Kier alpha value is -2.42. The van der Waals surface area contributed by atoms with Crippen molar-refractivity contribution in [3.8, 4) is 5.75 Å². The normalized spacial score (nSPS) is 13.4. The Balaban J connectivity index is 2.07. The molecule has 0 unspecified atom stereocenters. The van der Waals surface area contributed by atoms with Gasteiger partial charge in [0, 0.05) is 10.4 Å². The van der Waals surface area contributed by atoms with Crippen molar-refractivity contribution in [2.75, 3.05) is 0 Å². The second kappa shape index (κ2) is 10.0. The van der Waals surface area contributed by atoms with Crippen LogP contribution < -0.4 is 10.3 Å². The first-order valence-corrected chi connectivity index (χ1v) is 11.3. The first-order valence-electron chi connectivity index (χ1n) is 9.77. The maximum Gasteiger partial charge on any atom is 0.344 e. The summed E-state index contributed by atoms with van der Waals surface area (Å²) in [5.41, 5.74) is 0.807. The van der Waals surface area contributed by atoms with E-state index in [0.717, 1.165) is 10.9 Å². The fraction of sp³-hybridized carbons (Fsp3) is 0.273. The van der Waals surface area contributed by atoms with Crippen LogP contribution in [0.15, 0.2) is 44.7 Å². The SMILES string of the molecule is CC[C@@H](C)c1nc2ccc(Br)cc2c(=O)n1N=Cc1cc(Cl)c(O[C@H](C)C(=O)O)c(Cl)c1. The highest BCUT2D eigenvalue weighted by atomic mass is 79.9. The first-order chi connectivity index (χ1) is 15.1. The van der Waals surface area contributed by atoms with Crippen LogP contribution >= 0.6 is 39.1 Å². The van der Waals surface area contributed by atoms with Gasteiger partial charge in [-0.1, -0.05) is 53.0 Å². The van der Waals surface area contributed by atoms with Crippen LogP contribution in [0, 0.1) is 0 Å².